The van der Waals surface area contributed by atoms with Gasteiger partial charge in [-0.2, -0.15) is 10.2 Å². The van der Waals surface area contributed by atoms with Gasteiger partial charge in [-0.25, -0.2) is 0 Å². The van der Waals surface area contributed by atoms with Crippen molar-refractivity contribution in [3.8, 4) is 0 Å². The lowest BCUT2D eigenvalue weighted by Crippen LogP contribution is -2.00. The first kappa shape index (κ1) is 7.30. The second-order valence-corrected chi connectivity index (χ2v) is 2.40. The average Bonchev–Trinajstić information content (AvgIpc) is 2.05. The fourth-order valence-electron chi connectivity index (χ4n) is 0.529. The van der Waals surface area contributed by atoms with E-state index in [-0.39, 0.29) is 0 Å². The van der Waals surface area contributed by atoms with Gasteiger partial charge in [0.05, 0.1) is 12.4 Å². The molecule has 0 saturated heterocycles. The number of hydrogen-bond acceptors (Lipinski definition) is 4. The van der Waals surface area contributed by atoms with E-state index in [0.29, 0.717) is 15.5 Å². The minimum atomic E-state index is 0.501. The van der Waals surface area contributed by atoms with Crippen molar-refractivity contribution < 1.29 is 4.43 Å². The molecule has 1 rings (SSSR count). The molecule has 0 spiro atoms. The van der Waals surface area contributed by atoms with Crippen molar-refractivity contribution in [1.29, 1.82) is 0 Å². The Balaban J connectivity index is 2.85. The van der Waals surface area contributed by atoms with E-state index < -0.39 is 0 Å². The molecule has 1 heterocycles. The van der Waals surface area contributed by atoms with Crippen LogP contribution in [-0.2, 0) is 4.43 Å². The number of rotatable bonds is 1. The Morgan fingerprint density at radius 2 is 2.40 bits per heavy atom. The maximum atomic E-state index is 4.94. The third-order valence-corrected chi connectivity index (χ3v) is 2.11. The smallest absolute Gasteiger partial charge is 0.205 e. The van der Waals surface area contributed by atoms with Crippen LogP contribution in [0.25, 0.3) is 0 Å². The van der Waals surface area contributed by atoms with Gasteiger partial charge in [0.25, 0.3) is 0 Å². The lowest BCUT2D eigenvalue weighted by molar-refractivity contribution is 0.631. The average molecular weight is 170 g/mol. The first-order valence-electron chi connectivity index (χ1n) is 2.69. The zero-order chi connectivity index (χ0) is 7.40. The third kappa shape index (κ3) is 1.58. The molecule has 10 heavy (non-hydrogen) atoms. The fourth-order valence-corrected chi connectivity index (χ4v) is 0.886. The number of aromatic nitrogens is 2. The van der Waals surface area contributed by atoms with E-state index in [9.17, 15) is 0 Å². The summed E-state index contributed by atoms with van der Waals surface area (Å²) in [6.07, 6.45) is 3.17. The summed E-state index contributed by atoms with van der Waals surface area (Å²) in [5.41, 5.74) is 0.819. The summed E-state index contributed by atoms with van der Waals surface area (Å²) in [6, 6.07) is 1.77. The molecular weight excluding hydrogens is 164 g/mol. The Bertz CT molecular complexity index is 228. The molecule has 0 radical (unpaired) electrons. The molecule has 0 amide bonds. The van der Waals surface area contributed by atoms with Crippen LogP contribution in [0.3, 0.4) is 0 Å². The molecule has 52 valence electrons. The van der Waals surface area contributed by atoms with E-state index in [2.05, 4.69) is 10.2 Å². The Hall–Kier alpha value is -0.813. The topological polar surface area (TPSA) is 35.0 Å². The minimum absolute atomic E-state index is 0.501. The summed E-state index contributed by atoms with van der Waals surface area (Å²) in [6.45, 7) is 0. The summed E-state index contributed by atoms with van der Waals surface area (Å²) >= 11 is 4.87. The summed E-state index contributed by atoms with van der Waals surface area (Å²) in [5, 5.41) is 7.76. The van der Waals surface area contributed by atoms with Crippen molar-refractivity contribution in [2.24, 2.45) is 0 Å². The molecule has 0 aliphatic heterocycles. The van der Waals surface area contributed by atoms with Crippen molar-refractivity contribution in [2.45, 2.75) is 0 Å². The quantitative estimate of drug-likeness (QED) is 0.418. The summed E-state index contributed by atoms with van der Waals surface area (Å²) in [5.74, 6) is 0. The molecule has 5 heteroatoms. The Morgan fingerprint density at radius 1 is 1.60 bits per heavy atom. The monoisotopic (exact) mass is 170 g/mol. The van der Waals surface area contributed by atoms with E-state index in [0.717, 1.165) is 5.56 Å². The normalized spacial score (nSPS) is 9.20. The Kier molecular flexibility index (Phi) is 2.47. The van der Waals surface area contributed by atoms with Gasteiger partial charge in [0.15, 0.2) is 5.05 Å². The number of hydrogen-bond donors (Lipinski definition) is 0. The van der Waals surface area contributed by atoms with E-state index >= 15 is 0 Å². The largest absolute Gasteiger partial charge is 0.545 e. The fraction of sp³-hybridized carbons (Fsp3) is 0. The first-order valence-corrected chi connectivity index (χ1v) is 3.92. The third-order valence-electron chi connectivity index (χ3n) is 1.01. The summed E-state index contributed by atoms with van der Waals surface area (Å²) < 4.78 is 4.94. The van der Waals surface area contributed by atoms with Crippen molar-refractivity contribution in [3.63, 3.8) is 0 Å². The molecule has 0 bridgehead atoms. The van der Waals surface area contributed by atoms with Crippen molar-refractivity contribution in [3.05, 3.63) is 24.0 Å². The predicted octanol–water partition coefficient (Wildman–Crippen LogP) is -0.551. The Morgan fingerprint density at radius 3 is 2.90 bits per heavy atom. The molecule has 0 saturated carbocycles. The van der Waals surface area contributed by atoms with Crippen LogP contribution in [0.15, 0.2) is 18.5 Å². The van der Waals surface area contributed by atoms with Crippen LogP contribution < -0.4 is 0 Å². The predicted molar refractivity (Wildman–Crippen MR) is 44.8 cm³/mol. The highest BCUT2D eigenvalue weighted by Crippen LogP contribution is 1.96. The molecule has 0 aliphatic rings. The lowest BCUT2D eigenvalue weighted by atomic mass is 10.3. The minimum Gasteiger partial charge on any atom is -0.545 e. The van der Waals surface area contributed by atoms with Crippen LogP contribution in [0.4, 0.5) is 0 Å². The van der Waals surface area contributed by atoms with Crippen LogP contribution >= 0.6 is 12.2 Å². The van der Waals surface area contributed by atoms with Crippen LogP contribution in [0, 0.1) is 0 Å². The summed E-state index contributed by atoms with van der Waals surface area (Å²) in [7, 11) is 0.618. The zero-order valence-corrected chi connectivity index (χ0v) is 8.26. The SMILES string of the molecule is [SiH3]OC(=S)c1ccnnc1. The van der Waals surface area contributed by atoms with Gasteiger partial charge in [0.2, 0.25) is 10.5 Å². The molecule has 3 nitrogen and oxygen atoms in total. The van der Waals surface area contributed by atoms with Crippen molar-refractivity contribution in [2.75, 3.05) is 0 Å². The van der Waals surface area contributed by atoms with E-state index in [4.69, 9.17) is 16.6 Å². The maximum absolute atomic E-state index is 4.94. The van der Waals surface area contributed by atoms with Crippen LogP contribution in [0.1, 0.15) is 5.56 Å². The molecule has 0 fully saturated rings. The van der Waals surface area contributed by atoms with Crippen molar-refractivity contribution in [1.82, 2.24) is 10.2 Å². The molecule has 1 aromatic rings. The van der Waals surface area contributed by atoms with Gasteiger partial charge in [0.1, 0.15) is 0 Å². The van der Waals surface area contributed by atoms with Gasteiger partial charge in [0, 0.05) is 5.56 Å². The van der Waals surface area contributed by atoms with Crippen LogP contribution in [0.2, 0.25) is 0 Å². The lowest BCUT2D eigenvalue weighted by Gasteiger charge is -1.99. The second kappa shape index (κ2) is 3.38. The standard InChI is InChI=1S/C5H6N2OSSi/c9-5(8-10)4-1-2-6-7-3-4/h1-3H,10H3. The van der Waals surface area contributed by atoms with Crippen LogP contribution in [0.5, 0.6) is 0 Å². The number of nitrogens with zero attached hydrogens (tertiary/aromatic N) is 2. The highest BCUT2D eigenvalue weighted by atomic mass is 32.1. The van der Waals surface area contributed by atoms with Gasteiger partial charge in [-0.05, 0) is 18.3 Å². The molecule has 0 atom stereocenters. The van der Waals surface area contributed by atoms with E-state index in [1.165, 1.54) is 0 Å². The van der Waals surface area contributed by atoms with E-state index in [1.54, 1.807) is 18.5 Å². The van der Waals surface area contributed by atoms with Gasteiger partial charge >= 0.3 is 0 Å². The van der Waals surface area contributed by atoms with Crippen molar-refractivity contribution >= 4 is 27.8 Å². The molecule has 0 unspecified atom stereocenters. The molecule has 0 aromatic carbocycles. The highest BCUT2D eigenvalue weighted by Gasteiger charge is 1.96. The zero-order valence-electron chi connectivity index (χ0n) is 5.44. The maximum Gasteiger partial charge on any atom is 0.205 e. The van der Waals surface area contributed by atoms with Crippen LogP contribution in [-0.4, -0.2) is 25.7 Å². The van der Waals surface area contributed by atoms with Gasteiger partial charge < -0.3 is 4.43 Å². The molecule has 0 N–H and O–H groups in total. The van der Waals surface area contributed by atoms with E-state index in [1.807, 2.05) is 0 Å². The summed E-state index contributed by atoms with van der Waals surface area (Å²) in [4.78, 5) is 0. The van der Waals surface area contributed by atoms with Gasteiger partial charge in [-0.15, -0.1) is 0 Å². The second-order valence-electron chi connectivity index (χ2n) is 1.62. The highest BCUT2D eigenvalue weighted by molar-refractivity contribution is 7.80. The number of thiocarbonyl (C=S) groups is 1. The molecule has 1 aromatic heterocycles. The Labute approximate surface area is 67.0 Å². The molecule has 0 aliphatic carbocycles. The molecular formula is C5H6N2OSSi. The first-order chi connectivity index (χ1) is 4.84. The van der Waals surface area contributed by atoms with Gasteiger partial charge in [-0.1, -0.05) is 0 Å². The van der Waals surface area contributed by atoms with Gasteiger partial charge in [-0.3, -0.25) is 0 Å².